The number of hydrogen-bond acceptors (Lipinski definition) is 1. The Balaban J connectivity index is 3.28. The van der Waals surface area contributed by atoms with Gasteiger partial charge in [-0.15, -0.1) is 0 Å². The molecule has 1 aromatic carbocycles. The van der Waals surface area contributed by atoms with Gasteiger partial charge < -0.3 is 0 Å². The molecule has 0 aliphatic heterocycles. The van der Waals surface area contributed by atoms with Gasteiger partial charge in [-0.25, -0.2) is 13.2 Å². The lowest BCUT2D eigenvalue weighted by molar-refractivity contribution is 0.498. The van der Waals surface area contributed by atoms with Crippen LogP contribution in [0.25, 0.3) is 0 Å². The van der Waals surface area contributed by atoms with E-state index < -0.39 is 17.5 Å². The Morgan fingerprint density at radius 2 is 1.67 bits per heavy atom. The maximum atomic E-state index is 12.8. The molecule has 0 heterocycles. The summed E-state index contributed by atoms with van der Waals surface area (Å²) in [6.45, 7) is 0. The van der Waals surface area contributed by atoms with Crippen LogP contribution in [0.4, 0.5) is 18.9 Å². The summed E-state index contributed by atoms with van der Waals surface area (Å²) in [6.07, 6.45) is 0. The van der Waals surface area contributed by atoms with Gasteiger partial charge in [0, 0.05) is 12.1 Å². The van der Waals surface area contributed by atoms with E-state index in [2.05, 4.69) is 0 Å². The van der Waals surface area contributed by atoms with Gasteiger partial charge in [0.2, 0.25) is 0 Å². The fourth-order valence-electron chi connectivity index (χ4n) is 0.665. The predicted octanol–water partition coefficient (Wildman–Crippen LogP) is 3.61. The second-order valence-corrected chi connectivity index (χ2v) is 5.73. The topological polar surface area (TPSA) is 3.24 Å². The van der Waals surface area contributed by atoms with Crippen LogP contribution in [0.3, 0.4) is 0 Å². The largest absolute Gasteiger partial charge is 0.252 e. The van der Waals surface area contributed by atoms with E-state index in [1.165, 1.54) is 1.33 Å². The minimum Gasteiger partial charge on any atom is -0.252 e. The molecule has 0 fully saturated rings. The van der Waals surface area contributed by atoms with E-state index >= 15 is 0 Å². The van der Waals surface area contributed by atoms with Gasteiger partial charge in [-0.3, -0.25) is 1.33 Å². The van der Waals surface area contributed by atoms with Gasteiger partial charge in [-0.1, -0.05) is 0 Å². The van der Waals surface area contributed by atoms with Gasteiger partial charge in [0.25, 0.3) is 0 Å². The highest BCUT2D eigenvalue weighted by Gasteiger charge is 2.13. The fraction of sp³-hybridized carbons (Fsp3) is 0. The van der Waals surface area contributed by atoms with Crippen LogP contribution < -0.4 is 1.33 Å². The molecule has 0 aliphatic carbocycles. The first kappa shape index (κ1) is 10.4. The Labute approximate surface area is 94.9 Å². The monoisotopic (exact) mass is 399 g/mol. The van der Waals surface area contributed by atoms with Crippen molar-refractivity contribution in [3.63, 3.8) is 0 Å². The molecule has 0 radical (unpaired) electrons. The maximum absolute atomic E-state index is 12.8. The van der Waals surface area contributed by atoms with Crippen molar-refractivity contribution in [2.75, 3.05) is 1.33 Å². The quantitative estimate of drug-likeness (QED) is 0.397. The molecule has 0 unspecified atom stereocenters. The second-order valence-electron chi connectivity index (χ2n) is 1.95. The molecule has 1 rings (SSSR count). The molecule has 0 amide bonds. The normalized spacial score (nSPS) is 10.1. The van der Waals surface area contributed by atoms with Crippen molar-refractivity contribution in [1.29, 1.82) is 0 Å². The summed E-state index contributed by atoms with van der Waals surface area (Å²) in [5, 5.41) is 0. The van der Waals surface area contributed by atoms with Crippen molar-refractivity contribution in [3.05, 3.63) is 29.6 Å². The summed E-state index contributed by atoms with van der Waals surface area (Å²) in [5.74, 6) is -3.01. The van der Waals surface area contributed by atoms with E-state index in [4.69, 9.17) is 0 Å². The molecule has 0 aromatic heterocycles. The first-order valence-corrected chi connectivity index (χ1v) is 4.71. The van der Waals surface area contributed by atoms with E-state index in [1.54, 1.807) is 45.7 Å². The molecule has 6 heteroatoms. The molecule has 0 spiro atoms. The third-order valence-electron chi connectivity index (χ3n) is 1.16. The SMILES string of the molecule is Fc1cc(F)c(F)c(N(I)I)c1. The highest BCUT2D eigenvalue weighted by atomic mass is 127. The molecular weight excluding hydrogens is 397 g/mol. The summed E-state index contributed by atoms with van der Waals surface area (Å²) in [6, 6.07) is 1.44. The predicted molar refractivity (Wildman–Crippen MR) is 56.8 cm³/mol. The van der Waals surface area contributed by atoms with Crippen molar-refractivity contribution in [1.82, 2.24) is 0 Å². The van der Waals surface area contributed by atoms with Crippen LogP contribution in [-0.2, 0) is 0 Å². The lowest BCUT2D eigenvalue weighted by Gasteiger charge is -2.08. The third kappa shape index (κ3) is 2.15. The van der Waals surface area contributed by atoms with Gasteiger partial charge >= 0.3 is 0 Å². The zero-order valence-electron chi connectivity index (χ0n) is 5.49. The Morgan fingerprint density at radius 3 is 2.17 bits per heavy atom. The van der Waals surface area contributed by atoms with Crippen LogP contribution in [0.15, 0.2) is 12.1 Å². The lowest BCUT2D eigenvalue weighted by atomic mass is 10.3. The van der Waals surface area contributed by atoms with Crippen molar-refractivity contribution >= 4 is 51.4 Å². The number of rotatable bonds is 1. The summed E-state index contributed by atoms with van der Waals surface area (Å²) in [7, 11) is 0. The molecular formula is C6H2F3I2N. The number of benzene rings is 1. The van der Waals surface area contributed by atoms with E-state index in [-0.39, 0.29) is 5.69 Å². The Kier molecular flexibility index (Phi) is 3.44. The first-order valence-electron chi connectivity index (χ1n) is 2.78. The van der Waals surface area contributed by atoms with E-state index in [0.29, 0.717) is 6.07 Å². The zero-order chi connectivity index (χ0) is 9.30. The Bertz CT molecular complexity index is 303. The summed E-state index contributed by atoms with van der Waals surface area (Å²) < 4.78 is 39.2. The first-order chi connectivity index (χ1) is 5.52. The number of hydrogen-bond donors (Lipinski definition) is 0. The molecule has 0 bridgehead atoms. The van der Waals surface area contributed by atoms with E-state index in [1.807, 2.05) is 0 Å². The average molecular weight is 399 g/mol. The van der Waals surface area contributed by atoms with E-state index in [0.717, 1.165) is 6.07 Å². The third-order valence-corrected chi connectivity index (χ3v) is 2.20. The molecule has 1 nitrogen and oxygen atoms in total. The smallest absolute Gasteiger partial charge is 0.183 e. The summed E-state index contributed by atoms with van der Waals surface area (Å²) in [4.78, 5) is 0. The molecule has 12 heavy (non-hydrogen) atoms. The number of halogens is 5. The fourth-order valence-corrected chi connectivity index (χ4v) is 1.37. The van der Waals surface area contributed by atoms with Crippen LogP contribution in [0, 0.1) is 17.5 Å². The summed E-state index contributed by atoms with van der Waals surface area (Å²) >= 11 is 3.43. The van der Waals surface area contributed by atoms with Crippen LogP contribution in [0.2, 0.25) is 0 Å². The highest BCUT2D eigenvalue weighted by molar-refractivity contribution is 14.2. The number of nitrogens with zero attached hydrogens (tertiary/aromatic N) is 1. The Hall–Kier alpha value is 0.270. The molecule has 0 saturated heterocycles. The van der Waals surface area contributed by atoms with Crippen LogP contribution in [0.1, 0.15) is 0 Å². The average Bonchev–Trinajstić information content (AvgIpc) is 1.96. The van der Waals surface area contributed by atoms with Crippen LogP contribution >= 0.6 is 45.7 Å². The zero-order valence-corrected chi connectivity index (χ0v) is 9.81. The highest BCUT2D eigenvalue weighted by Crippen LogP contribution is 2.28. The Morgan fingerprint density at radius 1 is 1.08 bits per heavy atom. The standard InChI is InChI=1S/C6H2F3I2N/c7-3-1-4(8)6(9)5(2-3)12(10)11/h1-2H. The van der Waals surface area contributed by atoms with Gasteiger partial charge in [0.1, 0.15) is 5.82 Å². The molecule has 0 aliphatic rings. The molecule has 0 N–H and O–H groups in total. The van der Waals surface area contributed by atoms with Crippen molar-refractivity contribution < 1.29 is 13.2 Å². The van der Waals surface area contributed by atoms with Crippen molar-refractivity contribution in [2.24, 2.45) is 0 Å². The van der Waals surface area contributed by atoms with Crippen molar-refractivity contribution in [2.45, 2.75) is 0 Å². The van der Waals surface area contributed by atoms with Crippen LogP contribution in [-0.4, -0.2) is 0 Å². The van der Waals surface area contributed by atoms with Gasteiger partial charge in [0.15, 0.2) is 11.6 Å². The van der Waals surface area contributed by atoms with Crippen molar-refractivity contribution in [3.8, 4) is 0 Å². The van der Waals surface area contributed by atoms with Gasteiger partial charge in [0.05, 0.1) is 51.4 Å². The molecule has 0 saturated carbocycles. The van der Waals surface area contributed by atoms with Crippen LogP contribution in [0.5, 0.6) is 0 Å². The summed E-state index contributed by atoms with van der Waals surface area (Å²) in [5.41, 5.74) is -0.117. The van der Waals surface area contributed by atoms with Gasteiger partial charge in [-0.05, 0) is 0 Å². The number of anilines is 1. The molecule has 0 atom stereocenters. The minimum absolute atomic E-state index is 0.117. The maximum Gasteiger partial charge on any atom is 0.183 e. The minimum atomic E-state index is -1.18. The molecule has 66 valence electrons. The lowest BCUT2D eigenvalue weighted by Crippen LogP contribution is -1.98. The molecule has 1 aromatic rings. The second kappa shape index (κ2) is 3.99. The van der Waals surface area contributed by atoms with E-state index in [9.17, 15) is 13.2 Å². The van der Waals surface area contributed by atoms with Gasteiger partial charge in [-0.2, -0.15) is 0 Å².